The van der Waals surface area contributed by atoms with Crippen LogP contribution in [0.3, 0.4) is 0 Å². The van der Waals surface area contributed by atoms with E-state index in [1.54, 1.807) is 0 Å². The summed E-state index contributed by atoms with van der Waals surface area (Å²) in [5.41, 5.74) is 5.48. The second-order valence-electron chi connectivity index (χ2n) is 2.50. The molecule has 0 aliphatic carbocycles. The molecule has 0 amide bonds. The number of rotatable bonds is 1. The molecule has 1 aliphatic heterocycles. The van der Waals surface area contributed by atoms with Gasteiger partial charge in [-0.3, -0.25) is 0 Å². The van der Waals surface area contributed by atoms with Crippen molar-refractivity contribution < 1.29 is 14.6 Å². The van der Waals surface area contributed by atoms with Gasteiger partial charge in [0.05, 0.1) is 6.61 Å². The maximum atomic E-state index is 10.3. The Morgan fingerprint density at radius 3 is 2.70 bits per heavy atom. The number of carboxylic acid groups (broad SMARTS) is 1. The van der Waals surface area contributed by atoms with Crippen LogP contribution in [-0.2, 0) is 9.53 Å². The summed E-state index contributed by atoms with van der Waals surface area (Å²) in [4.78, 5) is 10.3. The molecule has 0 aromatic carbocycles. The van der Waals surface area contributed by atoms with Crippen LogP contribution in [0.25, 0.3) is 0 Å². The third kappa shape index (κ3) is 1.68. The van der Waals surface area contributed by atoms with Crippen molar-refractivity contribution in [3.8, 4) is 0 Å². The van der Waals surface area contributed by atoms with Gasteiger partial charge in [0.1, 0.15) is 0 Å². The van der Waals surface area contributed by atoms with E-state index >= 15 is 0 Å². The number of ether oxygens (including phenoxy) is 1. The molecule has 10 heavy (non-hydrogen) atoms. The van der Waals surface area contributed by atoms with Crippen molar-refractivity contribution in [1.29, 1.82) is 0 Å². The fourth-order valence-corrected chi connectivity index (χ4v) is 0.967. The van der Waals surface area contributed by atoms with E-state index < -0.39 is 12.1 Å². The average Bonchev–Trinajstić information content (AvgIpc) is 1.88. The molecule has 0 spiro atoms. The second-order valence-corrected chi connectivity index (χ2v) is 2.50. The number of nitrogens with two attached hydrogens (primary N) is 1. The van der Waals surface area contributed by atoms with Gasteiger partial charge in [-0.15, -0.1) is 0 Å². The van der Waals surface area contributed by atoms with E-state index in [0.29, 0.717) is 13.0 Å². The fourth-order valence-electron chi connectivity index (χ4n) is 0.967. The Bertz CT molecular complexity index is 129. The van der Waals surface area contributed by atoms with Crippen LogP contribution in [0.2, 0.25) is 0 Å². The molecule has 0 radical (unpaired) electrons. The second kappa shape index (κ2) is 2.98. The number of carbonyl (C=O) groups is 1. The highest BCUT2D eigenvalue weighted by atomic mass is 16.5. The number of hydrogen-bond acceptors (Lipinski definition) is 3. The van der Waals surface area contributed by atoms with E-state index in [1.165, 1.54) is 0 Å². The predicted molar refractivity (Wildman–Crippen MR) is 34.6 cm³/mol. The lowest BCUT2D eigenvalue weighted by Crippen LogP contribution is -2.38. The quantitative estimate of drug-likeness (QED) is 0.525. The highest BCUT2D eigenvalue weighted by molar-refractivity contribution is 5.72. The molecule has 1 rings (SSSR count). The highest BCUT2D eigenvalue weighted by Crippen LogP contribution is 2.11. The molecule has 0 unspecified atom stereocenters. The van der Waals surface area contributed by atoms with Crippen molar-refractivity contribution in [1.82, 2.24) is 0 Å². The van der Waals surface area contributed by atoms with Gasteiger partial charge in [0.25, 0.3) is 0 Å². The standard InChI is InChI=1S/C6H11NO3/c7-4-1-2-5(6(8)9)10-3-4/h4-5H,1-3,7H2,(H,8,9)/t4-,5-/m0/s1. The predicted octanol–water partition coefficient (Wildman–Crippen LogP) is -0.423. The summed E-state index contributed by atoms with van der Waals surface area (Å²) in [7, 11) is 0. The van der Waals surface area contributed by atoms with Crippen LogP contribution in [0.15, 0.2) is 0 Å². The Morgan fingerprint density at radius 1 is 1.60 bits per heavy atom. The molecule has 2 atom stereocenters. The first kappa shape index (κ1) is 7.50. The van der Waals surface area contributed by atoms with Gasteiger partial charge < -0.3 is 15.6 Å². The summed E-state index contributed by atoms with van der Waals surface area (Å²) in [6.07, 6.45) is 0.660. The van der Waals surface area contributed by atoms with E-state index in [-0.39, 0.29) is 6.04 Å². The van der Waals surface area contributed by atoms with Crippen LogP contribution < -0.4 is 5.73 Å². The van der Waals surface area contributed by atoms with Crippen molar-refractivity contribution >= 4 is 5.97 Å². The molecule has 1 aliphatic rings. The molecule has 1 saturated heterocycles. The van der Waals surface area contributed by atoms with Gasteiger partial charge in [-0.1, -0.05) is 0 Å². The molecule has 1 heterocycles. The lowest BCUT2D eigenvalue weighted by molar-refractivity contribution is -0.153. The minimum absolute atomic E-state index is 0.0237. The summed E-state index contributed by atoms with van der Waals surface area (Å²) in [6.45, 7) is 0.372. The lowest BCUT2D eigenvalue weighted by Gasteiger charge is -2.23. The zero-order chi connectivity index (χ0) is 7.56. The largest absolute Gasteiger partial charge is 0.479 e. The summed E-state index contributed by atoms with van der Waals surface area (Å²) in [5.74, 6) is -0.882. The van der Waals surface area contributed by atoms with E-state index in [4.69, 9.17) is 15.6 Å². The zero-order valence-corrected chi connectivity index (χ0v) is 5.62. The van der Waals surface area contributed by atoms with Crippen LogP contribution in [-0.4, -0.2) is 29.8 Å². The first-order valence-electron chi connectivity index (χ1n) is 3.30. The minimum Gasteiger partial charge on any atom is -0.479 e. The van der Waals surface area contributed by atoms with Gasteiger partial charge >= 0.3 is 5.97 Å². The average molecular weight is 145 g/mol. The lowest BCUT2D eigenvalue weighted by atomic mass is 10.1. The molecule has 0 aromatic rings. The van der Waals surface area contributed by atoms with Crippen molar-refractivity contribution in [2.45, 2.75) is 25.0 Å². The van der Waals surface area contributed by atoms with Crippen LogP contribution in [0.1, 0.15) is 12.8 Å². The first-order chi connectivity index (χ1) is 4.70. The third-order valence-electron chi connectivity index (χ3n) is 1.59. The number of carboxylic acids is 1. The smallest absolute Gasteiger partial charge is 0.332 e. The molecule has 58 valence electrons. The van der Waals surface area contributed by atoms with Gasteiger partial charge in [0.2, 0.25) is 0 Å². The van der Waals surface area contributed by atoms with Gasteiger partial charge in [0.15, 0.2) is 6.10 Å². The van der Waals surface area contributed by atoms with Crippen LogP contribution >= 0.6 is 0 Å². The van der Waals surface area contributed by atoms with Gasteiger partial charge in [-0.05, 0) is 12.8 Å². The minimum atomic E-state index is -0.882. The fraction of sp³-hybridized carbons (Fsp3) is 0.833. The Balaban J connectivity index is 2.33. The van der Waals surface area contributed by atoms with Gasteiger partial charge in [0, 0.05) is 6.04 Å². The maximum Gasteiger partial charge on any atom is 0.332 e. The normalized spacial score (nSPS) is 33.7. The SMILES string of the molecule is N[C@H]1CC[C@@H](C(=O)O)OC1. The van der Waals surface area contributed by atoms with Crippen LogP contribution in [0.4, 0.5) is 0 Å². The molecule has 4 nitrogen and oxygen atoms in total. The highest BCUT2D eigenvalue weighted by Gasteiger charge is 2.24. The van der Waals surface area contributed by atoms with E-state index in [9.17, 15) is 4.79 Å². The molecule has 0 saturated carbocycles. The number of hydrogen-bond donors (Lipinski definition) is 2. The molecular formula is C6H11NO3. The van der Waals surface area contributed by atoms with Crippen LogP contribution in [0.5, 0.6) is 0 Å². The Hall–Kier alpha value is -0.610. The Labute approximate surface area is 59.0 Å². The van der Waals surface area contributed by atoms with Crippen molar-refractivity contribution in [3.63, 3.8) is 0 Å². The van der Waals surface area contributed by atoms with E-state index in [2.05, 4.69) is 0 Å². The van der Waals surface area contributed by atoms with Gasteiger partial charge in [-0.2, -0.15) is 0 Å². The maximum absolute atomic E-state index is 10.3. The Kier molecular flexibility index (Phi) is 2.24. The molecule has 4 heteroatoms. The Morgan fingerprint density at radius 2 is 2.30 bits per heavy atom. The topological polar surface area (TPSA) is 72.6 Å². The van der Waals surface area contributed by atoms with E-state index in [0.717, 1.165) is 6.42 Å². The molecule has 1 fully saturated rings. The first-order valence-corrected chi connectivity index (χ1v) is 3.30. The summed E-state index contributed by atoms with van der Waals surface area (Å²) < 4.78 is 4.93. The summed E-state index contributed by atoms with van der Waals surface area (Å²) in [6, 6.07) is 0.0237. The molecular weight excluding hydrogens is 134 g/mol. The third-order valence-corrected chi connectivity index (χ3v) is 1.59. The molecule has 0 aromatic heterocycles. The molecule has 0 bridgehead atoms. The van der Waals surface area contributed by atoms with Crippen LogP contribution in [0, 0.1) is 0 Å². The number of aliphatic carboxylic acids is 1. The molecule has 3 N–H and O–H groups in total. The van der Waals surface area contributed by atoms with Crippen molar-refractivity contribution in [2.75, 3.05) is 6.61 Å². The summed E-state index contributed by atoms with van der Waals surface area (Å²) >= 11 is 0. The monoisotopic (exact) mass is 145 g/mol. The van der Waals surface area contributed by atoms with Crippen molar-refractivity contribution in [2.24, 2.45) is 5.73 Å². The zero-order valence-electron chi connectivity index (χ0n) is 5.62. The van der Waals surface area contributed by atoms with Crippen molar-refractivity contribution in [3.05, 3.63) is 0 Å². The summed E-state index contributed by atoms with van der Waals surface area (Å²) in [5, 5.41) is 8.46. The van der Waals surface area contributed by atoms with Gasteiger partial charge in [-0.25, -0.2) is 4.79 Å². The van der Waals surface area contributed by atoms with E-state index in [1.807, 2.05) is 0 Å².